The van der Waals surface area contributed by atoms with Crippen LogP contribution in [0.1, 0.15) is 32.4 Å². The van der Waals surface area contributed by atoms with Crippen molar-refractivity contribution in [1.82, 2.24) is 0 Å². The first-order chi connectivity index (χ1) is 9.50. The maximum atomic E-state index is 5.23. The van der Waals surface area contributed by atoms with E-state index in [1.54, 1.807) is 7.11 Å². The van der Waals surface area contributed by atoms with Crippen LogP contribution in [0.2, 0.25) is 0 Å². The van der Waals surface area contributed by atoms with E-state index < -0.39 is 0 Å². The largest absolute Gasteiger partial charge is 0.497 e. The van der Waals surface area contributed by atoms with Crippen LogP contribution in [-0.2, 0) is 0 Å². The lowest BCUT2D eigenvalue weighted by Gasteiger charge is -2.33. The molecule has 2 nitrogen and oxygen atoms in total. The van der Waals surface area contributed by atoms with Gasteiger partial charge in [-0.3, -0.25) is 0 Å². The Hall–Kier alpha value is -1.96. The van der Waals surface area contributed by atoms with Gasteiger partial charge in [-0.25, -0.2) is 0 Å². The lowest BCUT2D eigenvalue weighted by atomic mass is 9.82. The second kappa shape index (κ2) is 6.00. The van der Waals surface area contributed by atoms with Crippen molar-refractivity contribution >= 4 is 5.69 Å². The first-order valence-corrected chi connectivity index (χ1v) is 6.96. The number of nitrogens with one attached hydrogen (secondary N) is 1. The summed E-state index contributed by atoms with van der Waals surface area (Å²) >= 11 is 0. The van der Waals surface area contributed by atoms with E-state index in [-0.39, 0.29) is 11.5 Å². The molecule has 2 aromatic rings. The average Bonchev–Trinajstić information content (AvgIpc) is 2.45. The Morgan fingerprint density at radius 2 is 1.50 bits per heavy atom. The molecule has 0 radical (unpaired) electrons. The van der Waals surface area contributed by atoms with E-state index in [1.165, 1.54) is 5.56 Å². The minimum atomic E-state index is 0.116. The molecule has 0 heterocycles. The summed E-state index contributed by atoms with van der Waals surface area (Å²) in [5.74, 6) is 0.890. The van der Waals surface area contributed by atoms with Crippen molar-refractivity contribution in [2.45, 2.75) is 26.8 Å². The van der Waals surface area contributed by atoms with Crippen LogP contribution in [0.25, 0.3) is 0 Å². The van der Waals surface area contributed by atoms with Crippen LogP contribution < -0.4 is 10.1 Å². The molecule has 0 aliphatic carbocycles. The smallest absolute Gasteiger partial charge is 0.118 e. The van der Waals surface area contributed by atoms with E-state index >= 15 is 0 Å². The predicted molar refractivity (Wildman–Crippen MR) is 85.3 cm³/mol. The van der Waals surface area contributed by atoms with Gasteiger partial charge in [0, 0.05) is 5.69 Å². The van der Waals surface area contributed by atoms with Gasteiger partial charge in [-0.05, 0) is 35.2 Å². The van der Waals surface area contributed by atoms with Crippen molar-refractivity contribution in [2.75, 3.05) is 12.4 Å². The number of ether oxygens (including phenoxy) is 1. The van der Waals surface area contributed by atoms with Crippen molar-refractivity contribution < 1.29 is 4.74 Å². The molecule has 2 heteroatoms. The predicted octanol–water partition coefficient (Wildman–Crippen LogP) is 4.89. The van der Waals surface area contributed by atoms with Crippen LogP contribution in [0.15, 0.2) is 54.6 Å². The normalized spacial score (nSPS) is 12.8. The number of rotatable bonds is 4. The van der Waals surface area contributed by atoms with E-state index in [0.717, 1.165) is 11.4 Å². The maximum absolute atomic E-state index is 5.23. The summed E-state index contributed by atoms with van der Waals surface area (Å²) in [7, 11) is 1.69. The van der Waals surface area contributed by atoms with Crippen LogP contribution in [0.3, 0.4) is 0 Å². The molecule has 0 saturated heterocycles. The quantitative estimate of drug-likeness (QED) is 0.852. The van der Waals surface area contributed by atoms with E-state index in [4.69, 9.17) is 4.74 Å². The highest BCUT2D eigenvalue weighted by Crippen LogP contribution is 2.36. The third kappa shape index (κ3) is 3.53. The van der Waals surface area contributed by atoms with Gasteiger partial charge in [-0.2, -0.15) is 0 Å². The Morgan fingerprint density at radius 3 is 2.00 bits per heavy atom. The Balaban J connectivity index is 2.28. The number of anilines is 1. The van der Waals surface area contributed by atoms with Crippen LogP contribution in [-0.4, -0.2) is 7.11 Å². The highest BCUT2D eigenvalue weighted by molar-refractivity contribution is 5.46. The van der Waals surface area contributed by atoms with Gasteiger partial charge in [0.25, 0.3) is 0 Å². The molecular weight excluding hydrogens is 246 g/mol. The number of methoxy groups -OCH3 is 1. The topological polar surface area (TPSA) is 21.3 Å². The van der Waals surface area contributed by atoms with E-state index in [0.29, 0.717) is 0 Å². The van der Waals surface area contributed by atoms with Gasteiger partial charge in [-0.15, -0.1) is 0 Å². The zero-order chi connectivity index (χ0) is 14.6. The fraction of sp³-hybridized carbons (Fsp3) is 0.333. The molecule has 0 aromatic heterocycles. The third-order valence-corrected chi connectivity index (χ3v) is 3.40. The van der Waals surface area contributed by atoms with Crippen molar-refractivity contribution in [3.8, 4) is 5.75 Å². The van der Waals surface area contributed by atoms with Crippen LogP contribution in [0.4, 0.5) is 5.69 Å². The van der Waals surface area contributed by atoms with Crippen LogP contribution in [0, 0.1) is 5.41 Å². The highest BCUT2D eigenvalue weighted by Gasteiger charge is 2.26. The molecule has 1 unspecified atom stereocenters. The number of benzene rings is 2. The molecular formula is C18H23NO. The summed E-state index contributed by atoms with van der Waals surface area (Å²) in [4.78, 5) is 0. The minimum Gasteiger partial charge on any atom is -0.497 e. The molecule has 0 saturated carbocycles. The molecule has 0 amide bonds. The van der Waals surface area contributed by atoms with E-state index in [1.807, 2.05) is 18.2 Å². The number of hydrogen-bond donors (Lipinski definition) is 1. The van der Waals surface area contributed by atoms with Crippen LogP contribution >= 0.6 is 0 Å². The van der Waals surface area contributed by atoms with Gasteiger partial charge in [0.2, 0.25) is 0 Å². The Labute approximate surface area is 121 Å². The van der Waals surface area contributed by atoms with Crippen molar-refractivity contribution in [3.63, 3.8) is 0 Å². The van der Waals surface area contributed by atoms with E-state index in [2.05, 4.69) is 62.5 Å². The monoisotopic (exact) mass is 269 g/mol. The summed E-state index contributed by atoms with van der Waals surface area (Å²) in [5, 5.41) is 3.63. The molecule has 2 rings (SSSR count). The van der Waals surface area contributed by atoms with Gasteiger partial charge >= 0.3 is 0 Å². The molecule has 1 atom stereocenters. The second-order valence-corrected chi connectivity index (χ2v) is 6.08. The zero-order valence-corrected chi connectivity index (χ0v) is 12.7. The lowest BCUT2D eigenvalue weighted by Crippen LogP contribution is -2.25. The number of para-hydroxylation sites is 1. The van der Waals surface area contributed by atoms with Gasteiger partial charge in [-0.1, -0.05) is 51.1 Å². The van der Waals surface area contributed by atoms with Crippen molar-refractivity contribution in [2.24, 2.45) is 5.41 Å². The second-order valence-electron chi connectivity index (χ2n) is 6.08. The third-order valence-electron chi connectivity index (χ3n) is 3.40. The molecule has 106 valence electrons. The standard InChI is InChI=1S/C18H23NO/c1-18(2,3)17(19-15-8-6-5-7-9-15)14-10-12-16(20-4)13-11-14/h5-13,17,19H,1-4H3. The molecule has 0 aliphatic heterocycles. The van der Waals surface area contributed by atoms with Crippen molar-refractivity contribution in [1.29, 1.82) is 0 Å². The summed E-state index contributed by atoms with van der Waals surface area (Å²) in [6, 6.07) is 18.9. The van der Waals surface area contributed by atoms with Gasteiger partial charge in [0.15, 0.2) is 0 Å². The molecule has 0 aliphatic rings. The molecule has 1 N–H and O–H groups in total. The van der Waals surface area contributed by atoms with Gasteiger partial charge in [0.1, 0.15) is 5.75 Å². The van der Waals surface area contributed by atoms with Crippen molar-refractivity contribution in [3.05, 3.63) is 60.2 Å². The molecule has 0 fully saturated rings. The molecule has 20 heavy (non-hydrogen) atoms. The lowest BCUT2D eigenvalue weighted by molar-refractivity contribution is 0.347. The maximum Gasteiger partial charge on any atom is 0.118 e. The Morgan fingerprint density at radius 1 is 0.900 bits per heavy atom. The molecule has 2 aromatic carbocycles. The Kier molecular flexibility index (Phi) is 4.33. The zero-order valence-electron chi connectivity index (χ0n) is 12.7. The van der Waals surface area contributed by atoms with Gasteiger partial charge in [0.05, 0.1) is 13.2 Å². The first kappa shape index (κ1) is 14.4. The molecule has 0 bridgehead atoms. The SMILES string of the molecule is COc1ccc(C(Nc2ccccc2)C(C)(C)C)cc1. The highest BCUT2D eigenvalue weighted by atomic mass is 16.5. The first-order valence-electron chi connectivity index (χ1n) is 6.96. The summed E-state index contributed by atoms with van der Waals surface area (Å²) in [6.07, 6.45) is 0. The minimum absolute atomic E-state index is 0.116. The van der Waals surface area contributed by atoms with Crippen LogP contribution in [0.5, 0.6) is 5.75 Å². The molecule has 0 spiro atoms. The fourth-order valence-corrected chi connectivity index (χ4v) is 2.30. The number of hydrogen-bond acceptors (Lipinski definition) is 2. The average molecular weight is 269 g/mol. The Bertz CT molecular complexity index is 526. The van der Waals surface area contributed by atoms with E-state index in [9.17, 15) is 0 Å². The summed E-state index contributed by atoms with van der Waals surface area (Å²) in [5.41, 5.74) is 2.52. The fourth-order valence-electron chi connectivity index (χ4n) is 2.30. The summed E-state index contributed by atoms with van der Waals surface area (Å²) < 4.78 is 5.23. The van der Waals surface area contributed by atoms with Gasteiger partial charge < -0.3 is 10.1 Å². The summed E-state index contributed by atoms with van der Waals surface area (Å²) in [6.45, 7) is 6.74.